The molecule has 0 radical (unpaired) electrons. The van der Waals surface area contributed by atoms with E-state index in [4.69, 9.17) is 24.2 Å². The predicted molar refractivity (Wildman–Crippen MR) is 125 cm³/mol. The third kappa shape index (κ3) is 4.16. The van der Waals surface area contributed by atoms with Gasteiger partial charge in [-0.05, 0) is 35.4 Å². The van der Waals surface area contributed by atoms with Gasteiger partial charge in [0.2, 0.25) is 0 Å². The molecule has 184 valence electrons. The van der Waals surface area contributed by atoms with Crippen LogP contribution in [0, 0.1) is 11.3 Å². The lowest BCUT2D eigenvalue weighted by atomic mass is 9.95. The molecule has 0 unspecified atom stereocenters. The van der Waals surface area contributed by atoms with Crippen LogP contribution < -0.4 is 18.9 Å². The molecule has 11 heteroatoms. The van der Waals surface area contributed by atoms with Gasteiger partial charge in [0.05, 0.1) is 6.04 Å². The maximum absolute atomic E-state index is 12.9. The average molecular weight is 489 g/mol. The summed E-state index contributed by atoms with van der Waals surface area (Å²) in [7, 11) is 0. The van der Waals surface area contributed by atoms with Gasteiger partial charge in [-0.1, -0.05) is 12.1 Å². The summed E-state index contributed by atoms with van der Waals surface area (Å²) in [6.07, 6.45) is 1.28. The number of aromatic nitrogens is 3. The second-order valence-corrected chi connectivity index (χ2v) is 8.64. The Hall–Kier alpha value is -4.30. The molecule has 1 amide bonds. The molecule has 2 aromatic carbocycles. The first-order chi connectivity index (χ1) is 17.7. The van der Waals surface area contributed by atoms with Gasteiger partial charge in [0, 0.05) is 26.2 Å². The highest BCUT2D eigenvalue weighted by molar-refractivity contribution is 5.75. The van der Waals surface area contributed by atoms with Crippen LogP contribution in [0.3, 0.4) is 0 Å². The van der Waals surface area contributed by atoms with E-state index in [-0.39, 0.29) is 17.9 Å². The zero-order valence-electron chi connectivity index (χ0n) is 19.5. The van der Waals surface area contributed by atoms with E-state index in [0.717, 1.165) is 38.8 Å². The van der Waals surface area contributed by atoms with E-state index in [9.17, 15) is 4.79 Å². The zero-order chi connectivity index (χ0) is 24.5. The van der Waals surface area contributed by atoms with Gasteiger partial charge < -0.3 is 23.8 Å². The molecule has 0 atom stereocenters. The molecule has 0 bridgehead atoms. The third-order valence-corrected chi connectivity index (χ3v) is 6.50. The molecule has 11 nitrogen and oxygen atoms in total. The fourth-order valence-electron chi connectivity index (χ4n) is 4.80. The summed E-state index contributed by atoms with van der Waals surface area (Å²) in [5.41, 5.74) is 2.12. The largest absolute Gasteiger partial charge is 0.486 e. The van der Waals surface area contributed by atoms with Crippen molar-refractivity contribution in [3.63, 3.8) is 0 Å². The van der Waals surface area contributed by atoms with Gasteiger partial charge in [-0.25, -0.2) is 9.78 Å². The van der Waals surface area contributed by atoms with Crippen LogP contribution in [0.4, 0.5) is 4.79 Å². The van der Waals surface area contributed by atoms with Crippen LogP contribution in [0.2, 0.25) is 0 Å². The van der Waals surface area contributed by atoms with Crippen molar-refractivity contribution < 1.29 is 23.7 Å². The van der Waals surface area contributed by atoms with E-state index in [1.165, 1.54) is 6.33 Å². The highest BCUT2D eigenvalue weighted by Crippen LogP contribution is 2.40. The average Bonchev–Trinajstić information content (AvgIpc) is 3.43. The molecule has 0 aliphatic carbocycles. The standard InChI is InChI=1S/C25H24N6O5/c26-15-23-27-16-31(28-23)25(32)30-7-5-29(6-8-30)24(17-1-3-19-21(13-17)35-11-9-33-19)18-2-4-20-22(14-18)36-12-10-34-20/h1-4,13-14,16,24H,5-12H2. The number of carbonyl (C=O) groups excluding carboxylic acids is 1. The van der Waals surface area contributed by atoms with Crippen molar-refractivity contribution in [3.8, 4) is 29.1 Å². The molecule has 3 aliphatic rings. The molecule has 1 aromatic heterocycles. The molecular weight excluding hydrogens is 464 g/mol. The monoisotopic (exact) mass is 488 g/mol. The lowest BCUT2D eigenvalue weighted by molar-refractivity contribution is 0.118. The first kappa shape index (κ1) is 22.2. The van der Waals surface area contributed by atoms with Crippen molar-refractivity contribution in [2.24, 2.45) is 0 Å². The predicted octanol–water partition coefficient (Wildman–Crippen LogP) is 2.07. The molecule has 0 spiro atoms. The Morgan fingerprint density at radius 2 is 1.39 bits per heavy atom. The fourth-order valence-corrected chi connectivity index (χ4v) is 4.80. The number of amides is 1. The van der Waals surface area contributed by atoms with E-state index in [0.29, 0.717) is 52.6 Å². The van der Waals surface area contributed by atoms with Crippen LogP contribution in [0.1, 0.15) is 23.0 Å². The van der Waals surface area contributed by atoms with E-state index in [1.807, 2.05) is 30.3 Å². The Kier molecular flexibility index (Phi) is 5.79. The summed E-state index contributed by atoms with van der Waals surface area (Å²) in [4.78, 5) is 20.8. The van der Waals surface area contributed by atoms with Crippen molar-refractivity contribution in [1.29, 1.82) is 5.26 Å². The smallest absolute Gasteiger partial charge is 0.346 e. The molecule has 36 heavy (non-hydrogen) atoms. The minimum absolute atomic E-state index is 0.0285. The van der Waals surface area contributed by atoms with E-state index in [1.54, 1.807) is 4.90 Å². The number of nitriles is 1. The number of hydrogen-bond acceptors (Lipinski definition) is 9. The van der Waals surface area contributed by atoms with Gasteiger partial charge in [0.25, 0.3) is 5.82 Å². The number of hydrogen-bond donors (Lipinski definition) is 0. The number of ether oxygens (including phenoxy) is 4. The number of nitrogens with zero attached hydrogens (tertiary/aromatic N) is 6. The van der Waals surface area contributed by atoms with Crippen molar-refractivity contribution in [3.05, 3.63) is 59.7 Å². The summed E-state index contributed by atoms with van der Waals surface area (Å²) in [6, 6.07) is 13.6. The molecule has 0 N–H and O–H groups in total. The van der Waals surface area contributed by atoms with Gasteiger partial charge >= 0.3 is 6.03 Å². The zero-order valence-corrected chi connectivity index (χ0v) is 19.5. The number of fused-ring (bicyclic) bond motifs is 2. The van der Waals surface area contributed by atoms with E-state index >= 15 is 0 Å². The topological polar surface area (TPSA) is 115 Å². The highest BCUT2D eigenvalue weighted by Gasteiger charge is 2.31. The third-order valence-electron chi connectivity index (χ3n) is 6.50. The SMILES string of the molecule is N#Cc1ncn(C(=O)N2CCN(C(c3ccc4c(c3)OCCO4)c3ccc4c(c3)OCCO4)CC2)n1. The summed E-state index contributed by atoms with van der Waals surface area (Å²) >= 11 is 0. The van der Waals surface area contributed by atoms with Crippen LogP contribution in [-0.2, 0) is 0 Å². The van der Waals surface area contributed by atoms with Gasteiger partial charge in [-0.15, -0.1) is 5.10 Å². The molecule has 6 rings (SSSR count). The number of benzene rings is 2. The molecule has 3 aliphatic heterocycles. The maximum atomic E-state index is 12.9. The van der Waals surface area contributed by atoms with Crippen LogP contribution >= 0.6 is 0 Å². The lowest BCUT2D eigenvalue weighted by Crippen LogP contribution is -2.51. The van der Waals surface area contributed by atoms with Crippen LogP contribution in [0.15, 0.2) is 42.7 Å². The molecule has 4 heterocycles. The normalized spacial score (nSPS) is 17.1. The van der Waals surface area contributed by atoms with Gasteiger partial charge in [0.1, 0.15) is 38.8 Å². The van der Waals surface area contributed by atoms with Crippen LogP contribution in [0.5, 0.6) is 23.0 Å². The van der Waals surface area contributed by atoms with E-state index < -0.39 is 0 Å². The molecule has 0 saturated carbocycles. The Balaban J connectivity index is 1.28. The Bertz CT molecular complexity index is 1270. The first-order valence-electron chi connectivity index (χ1n) is 11.8. The summed E-state index contributed by atoms with van der Waals surface area (Å²) in [5.74, 6) is 2.92. The first-order valence-corrected chi connectivity index (χ1v) is 11.8. The molecule has 3 aromatic rings. The fraction of sp³-hybridized carbons (Fsp3) is 0.360. The van der Waals surface area contributed by atoms with Crippen LogP contribution in [-0.4, -0.2) is 83.2 Å². The van der Waals surface area contributed by atoms with Crippen molar-refractivity contribution in [2.45, 2.75) is 6.04 Å². The summed E-state index contributed by atoms with van der Waals surface area (Å²) in [5, 5.41) is 12.9. The quantitative estimate of drug-likeness (QED) is 0.546. The minimum Gasteiger partial charge on any atom is -0.486 e. The van der Waals surface area contributed by atoms with Gasteiger partial charge in [-0.2, -0.15) is 9.94 Å². The molecule has 1 fully saturated rings. The second-order valence-electron chi connectivity index (χ2n) is 8.64. The number of piperazine rings is 1. The minimum atomic E-state index is -0.293. The molecule has 1 saturated heterocycles. The number of rotatable bonds is 3. The number of carbonyl (C=O) groups is 1. The lowest BCUT2D eigenvalue weighted by Gasteiger charge is -2.39. The Morgan fingerprint density at radius 1 is 0.833 bits per heavy atom. The van der Waals surface area contributed by atoms with Gasteiger partial charge in [-0.3, -0.25) is 4.90 Å². The highest BCUT2D eigenvalue weighted by atomic mass is 16.6. The Labute approximate surface area is 207 Å². The summed E-state index contributed by atoms with van der Waals surface area (Å²) < 4.78 is 24.3. The Morgan fingerprint density at radius 3 is 1.92 bits per heavy atom. The molecular formula is C25H24N6O5. The van der Waals surface area contributed by atoms with Crippen LogP contribution in [0.25, 0.3) is 0 Å². The second kappa shape index (κ2) is 9.39. The van der Waals surface area contributed by atoms with Crippen molar-refractivity contribution in [2.75, 3.05) is 52.6 Å². The summed E-state index contributed by atoms with van der Waals surface area (Å²) in [6.45, 7) is 4.39. The maximum Gasteiger partial charge on any atom is 0.346 e. The van der Waals surface area contributed by atoms with Crippen molar-refractivity contribution >= 4 is 6.03 Å². The van der Waals surface area contributed by atoms with Gasteiger partial charge in [0.15, 0.2) is 23.0 Å². The van der Waals surface area contributed by atoms with E-state index in [2.05, 4.69) is 27.1 Å². The van der Waals surface area contributed by atoms with Crippen molar-refractivity contribution in [1.82, 2.24) is 24.6 Å².